The van der Waals surface area contributed by atoms with Gasteiger partial charge >= 0.3 is 0 Å². The van der Waals surface area contributed by atoms with Crippen LogP contribution in [0.3, 0.4) is 0 Å². The van der Waals surface area contributed by atoms with E-state index in [1.54, 1.807) is 12.1 Å². The fraction of sp³-hybridized carbons (Fsp3) is 0.316. The molecule has 1 aliphatic carbocycles. The number of rotatable bonds is 5. The van der Waals surface area contributed by atoms with E-state index < -0.39 is 5.41 Å². The van der Waals surface area contributed by atoms with Gasteiger partial charge in [0.15, 0.2) is 0 Å². The highest BCUT2D eigenvalue weighted by molar-refractivity contribution is 6.01. The standard InChI is InChI=1S/C19H20FNO2/c1-13(2)23-17-9-7-16(8-10-17)21-18(22)19(11-12-19)14-3-5-15(20)6-4-14/h3-10,13H,11-12H2,1-2H3,(H,21,22). The number of hydrogen-bond donors (Lipinski definition) is 1. The summed E-state index contributed by atoms with van der Waals surface area (Å²) in [5.74, 6) is 0.449. The number of ether oxygens (including phenoxy) is 1. The van der Waals surface area contributed by atoms with Crippen LogP contribution in [0, 0.1) is 5.82 Å². The summed E-state index contributed by atoms with van der Waals surface area (Å²) in [5, 5.41) is 2.95. The number of hydrogen-bond acceptors (Lipinski definition) is 2. The molecule has 2 aromatic carbocycles. The van der Waals surface area contributed by atoms with Crippen molar-refractivity contribution in [2.24, 2.45) is 0 Å². The summed E-state index contributed by atoms with van der Waals surface area (Å²) in [4.78, 5) is 12.6. The van der Waals surface area contributed by atoms with Crippen molar-refractivity contribution in [2.45, 2.75) is 38.2 Å². The quantitative estimate of drug-likeness (QED) is 0.894. The van der Waals surface area contributed by atoms with Crippen LogP contribution in [0.5, 0.6) is 5.75 Å². The second kappa shape index (κ2) is 6.03. The highest BCUT2D eigenvalue weighted by Gasteiger charge is 2.51. The summed E-state index contributed by atoms with van der Waals surface area (Å²) >= 11 is 0. The minimum absolute atomic E-state index is 0.0402. The normalized spacial score (nSPS) is 15.3. The molecular formula is C19H20FNO2. The Morgan fingerprint density at radius 3 is 2.22 bits per heavy atom. The van der Waals surface area contributed by atoms with Gasteiger partial charge in [-0.2, -0.15) is 0 Å². The molecule has 2 aromatic rings. The first-order chi connectivity index (χ1) is 11.0. The van der Waals surface area contributed by atoms with Crippen LogP contribution in [0.2, 0.25) is 0 Å². The average Bonchev–Trinajstić information content (AvgIpc) is 3.31. The van der Waals surface area contributed by atoms with Gasteiger partial charge in [-0.05, 0) is 68.7 Å². The largest absolute Gasteiger partial charge is 0.491 e. The summed E-state index contributed by atoms with van der Waals surface area (Å²) in [6, 6.07) is 13.5. The maximum absolute atomic E-state index is 13.1. The molecule has 1 aliphatic rings. The van der Waals surface area contributed by atoms with E-state index in [-0.39, 0.29) is 17.8 Å². The number of nitrogens with one attached hydrogen (secondary N) is 1. The van der Waals surface area contributed by atoms with Gasteiger partial charge in [-0.3, -0.25) is 4.79 Å². The lowest BCUT2D eigenvalue weighted by atomic mass is 9.95. The Balaban J connectivity index is 1.70. The number of halogens is 1. The lowest BCUT2D eigenvalue weighted by Crippen LogP contribution is -2.27. The minimum atomic E-state index is -0.513. The van der Waals surface area contributed by atoms with Crippen molar-refractivity contribution in [1.82, 2.24) is 0 Å². The molecule has 4 heteroatoms. The second-order valence-corrected chi connectivity index (χ2v) is 6.23. The van der Waals surface area contributed by atoms with Crippen LogP contribution in [0.25, 0.3) is 0 Å². The lowest BCUT2D eigenvalue weighted by Gasteiger charge is -2.16. The van der Waals surface area contributed by atoms with Gasteiger partial charge in [0.25, 0.3) is 0 Å². The molecule has 23 heavy (non-hydrogen) atoms. The van der Waals surface area contributed by atoms with E-state index in [9.17, 15) is 9.18 Å². The topological polar surface area (TPSA) is 38.3 Å². The number of anilines is 1. The fourth-order valence-electron chi connectivity index (χ4n) is 2.68. The van der Waals surface area contributed by atoms with E-state index in [0.717, 1.165) is 29.8 Å². The number of carbonyl (C=O) groups is 1. The summed E-state index contributed by atoms with van der Waals surface area (Å²) in [5.41, 5.74) is 1.09. The van der Waals surface area contributed by atoms with Crippen LogP contribution < -0.4 is 10.1 Å². The average molecular weight is 313 g/mol. The molecule has 1 N–H and O–H groups in total. The molecule has 1 fully saturated rings. The second-order valence-electron chi connectivity index (χ2n) is 6.23. The molecule has 0 bridgehead atoms. The summed E-state index contributed by atoms with van der Waals surface area (Å²) in [7, 11) is 0. The zero-order valence-electron chi connectivity index (χ0n) is 13.3. The third-order valence-electron chi connectivity index (χ3n) is 4.07. The van der Waals surface area contributed by atoms with E-state index >= 15 is 0 Å². The van der Waals surface area contributed by atoms with Gasteiger partial charge in [-0.15, -0.1) is 0 Å². The molecule has 3 rings (SSSR count). The first kappa shape index (κ1) is 15.5. The molecule has 1 saturated carbocycles. The van der Waals surface area contributed by atoms with Crippen molar-refractivity contribution in [3.63, 3.8) is 0 Å². The molecule has 0 radical (unpaired) electrons. The Morgan fingerprint density at radius 1 is 1.09 bits per heavy atom. The molecule has 0 aromatic heterocycles. The van der Waals surface area contributed by atoms with Gasteiger partial charge < -0.3 is 10.1 Å². The van der Waals surface area contributed by atoms with Crippen molar-refractivity contribution in [2.75, 3.05) is 5.32 Å². The van der Waals surface area contributed by atoms with Gasteiger partial charge in [-0.1, -0.05) is 12.1 Å². The molecule has 3 nitrogen and oxygen atoms in total. The Kier molecular flexibility index (Phi) is 4.07. The van der Waals surface area contributed by atoms with Crippen LogP contribution in [-0.4, -0.2) is 12.0 Å². The Morgan fingerprint density at radius 2 is 1.70 bits per heavy atom. The molecule has 0 aliphatic heterocycles. The maximum atomic E-state index is 13.1. The van der Waals surface area contributed by atoms with E-state index in [4.69, 9.17) is 4.74 Å². The van der Waals surface area contributed by atoms with Crippen LogP contribution in [0.4, 0.5) is 10.1 Å². The molecule has 0 unspecified atom stereocenters. The molecular weight excluding hydrogens is 293 g/mol. The summed E-state index contributed by atoms with van der Waals surface area (Å²) in [6.45, 7) is 3.93. The zero-order chi connectivity index (χ0) is 16.4. The molecule has 0 heterocycles. The van der Waals surface area contributed by atoms with E-state index in [1.807, 2.05) is 38.1 Å². The van der Waals surface area contributed by atoms with Gasteiger partial charge in [0.2, 0.25) is 5.91 Å². The van der Waals surface area contributed by atoms with Gasteiger partial charge in [0.05, 0.1) is 11.5 Å². The van der Waals surface area contributed by atoms with Gasteiger partial charge in [0, 0.05) is 5.69 Å². The third kappa shape index (κ3) is 3.36. The highest BCUT2D eigenvalue weighted by Crippen LogP contribution is 2.49. The fourth-order valence-corrected chi connectivity index (χ4v) is 2.68. The Bertz CT molecular complexity index is 688. The summed E-state index contributed by atoms with van der Waals surface area (Å²) in [6.07, 6.45) is 1.70. The zero-order valence-corrected chi connectivity index (χ0v) is 13.3. The van der Waals surface area contributed by atoms with Crippen LogP contribution in [0.15, 0.2) is 48.5 Å². The highest BCUT2D eigenvalue weighted by atomic mass is 19.1. The first-order valence-corrected chi connectivity index (χ1v) is 7.84. The van der Waals surface area contributed by atoms with E-state index in [0.29, 0.717) is 0 Å². The van der Waals surface area contributed by atoms with Crippen molar-refractivity contribution in [3.05, 3.63) is 59.9 Å². The van der Waals surface area contributed by atoms with Gasteiger partial charge in [-0.25, -0.2) is 4.39 Å². The first-order valence-electron chi connectivity index (χ1n) is 7.84. The smallest absolute Gasteiger partial charge is 0.235 e. The van der Waals surface area contributed by atoms with Crippen LogP contribution >= 0.6 is 0 Å². The van der Waals surface area contributed by atoms with Crippen molar-refractivity contribution in [3.8, 4) is 5.75 Å². The predicted molar refractivity (Wildman–Crippen MR) is 88.1 cm³/mol. The van der Waals surface area contributed by atoms with Crippen LogP contribution in [-0.2, 0) is 10.2 Å². The summed E-state index contributed by atoms with van der Waals surface area (Å²) < 4.78 is 18.6. The monoisotopic (exact) mass is 313 g/mol. The number of benzene rings is 2. The molecule has 0 spiro atoms. The SMILES string of the molecule is CC(C)Oc1ccc(NC(=O)C2(c3ccc(F)cc3)CC2)cc1. The van der Waals surface area contributed by atoms with Gasteiger partial charge in [0.1, 0.15) is 11.6 Å². The molecule has 0 saturated heterocycles. The molecule has 1 amide bonds. The van der Waals surface area contributed by atoms with Crippen LogP contribution in [0.1, 0.15) is 32.3 Å². The predicted octanol–water partition coefficient (Wildman–Crippen LogP) is 4.28. The number of carbonyl (C=O) groups excluding carboxylic acids is 1. The van der Waals surface area contributed by atoms with Crippen molar-refractivity contribution in [1.29, 1.82) is 0 Å². The minimum Gasteiger partial charge on any atom is -0.491 e. The Hall–Kier alpha value is -2.36. The van der Waals surface area contributed by atoms with Crippen molar-refractivity contribution >= 4 is 11.6 Å². The molecule has 120 valence electrons. The number of amides is 1. The van der Waals surface area contributed by atoms with E-state index in [2.05, 4.69) is 5.32 Å². The van der Waals surface area contributed by atoms with Crippen molar-refractivity contribution < 1.29 is 13.9 Å². The third-order valence-corrected chi connectivity index (χ3v) is 4.07. The Labute approximate surface area is 135 Å². The van der Waals surface area contributed by atoms with E-state index in [1.165, 1.54) is 12.1 Å². The maximum Gasteiger partial charge on any atom is 0.235 e. The lowest BCUT2D eigenvalue weighted by molar-refractivity contribution is -0.118. The molecule has 0 atom stereocenters.